The van der Waals surface area contributed by atoms with E-state index in [0.29, 0.717) is 0 Å². The maximum atomic E-state index is 9.44. The van der Waals surface area contributed by atoms with Crippen LogP contribution in [0.4, 0.5) is 0 Å². The first-order valence-electron chi connectivity index (χ1n) is 1.20. The Labute approximate surface area is 46.6 Å². The molecule has 0 aromatic rings. The van der Waals surface area contributed by atoms with Crippen LogP contribution in [0.15, 0.2) is 0 Å². The fourth-order valence-electron chi connectivity index (χ4n) is 0. The quantitative estimate of drug-likeness (QED) is 0.413. The van der Waals surface area contributed by atoms with Crippen LogP contribution in [-0.2, 0) is 26.5 Å². The third-order valence-corrected chi connectivity index (χ3v) is 0. The van der Waals surface area contributed by atoms with E-state index in [1.807, 2.05) is 0 Å². The van der Waals surface area contributed by atoms with Crippen molar-refractivity contribution in [2.75, 3.05) is 0 Å². The number of carbonyl (C=O) groups is 1. The van der Waals surface area contributed by atoms with Crippen molar-refractivity contribution in [2.24, 2.45) is 0 Å². The van der Waals surface area contributed by atoms with E-state index in [0.717, 1.165) is 0 Å². The van der Waals surface area contributed by atoms with Crippen molar-refractivity contribution in [3.63, 3.8) is 0 Å². The zero-order valence-electron chi connectivity index (χ0n) is 3.41. The van der Waals surface area contributed by atoms with Crippen LogP contribution in [0.2, 0.25) is 0 Å². The summed E-state index contributed by atoms with van der Waals surface area (Å²) in [7, 11) is 0. The van der Waals surface area contributed by atoms with Crippen molar-refractivity contribution in [1.82, 2.24) is 0 Å². The third-order valence-electron chi connectivity index (χ3n) is 0. The normalized spacial score (nSPS) is 5.20. The van der Waals surface area contributed by atoms with Crippen molar-refractivity contribution in [1.29, 1.82) is 0 Å². The van der Waals surface area contributed by atoms with E-state index in [2.05, 4.69) is 0 Å². The summed E-state index contributed by atoms with van der Waals surface area (Å²) < 4.78 is 0. The van der Waals surface area contributed by atoms with Crippen LogP contribution in [0.3, 0.4) is 0 Å². The predicted molar refractivity (Wildman–Crippen MR) is 16.4 cm³/mol. The summed E-state index contributed by atoms with van der Waals surface area (Å²) in [5, 5.41) is 0. The average Bonchev–Trinajstić information content (AvgIpc) is 0.811. The standard InChI is InChI=1S/C3H6O.Ti/c1-3(2)4;/h1-2H3;. The Morgan fingerprint density at radius 2 is 1.40 bits per heavy atom. The summed E-state index contributed by atoms with van der Waals surface area (Å²) >= 11 is 0. The fourth-order valence-corrected chi connectivity index (χ4v) is 0. The van der Waals surface area contributed by atoms with Gasteiger partial charge in [0.2, 0.25) is 0 Å². The Balaban J connectivity index is 0. The first kappa shape index (κ1) is 9.04. The Hall–Kier alpha value is 0.384. The van der Waals surface area contributed by atoms with Crippen LogP contribution in [0.25, 0.3) is 0 Å². The molecule has 0 saturated carbocycles. The maximum absolute atomic E-state index is 9.44. The molecule has 0 aliphatic rings. The Morgan fingerprint density at radius 1 is 1.40 bits per heavy atom. The van der Waals surface area contributed by atoms with Gasteiger partial charge in [-0.3, -0.25) is 0 Å². The van der Waals surface area contributed by atoms with Gasteiger partial charge in [-0.15, -0.1) is 0 Å². The second-order valence-corrected chi connectivity index (χ2v) is 0.908. The van der Waals surface area contributed by atoms with Gasteiger partial charge in [0.1, 0.15) is 5.78 Å². The summed E-state index contributed by atoms with van der Waals surface area (Å²) in [6, 6.07) is 0. The molecule has 0 aromatic heterocycles. The van der Waals surface area contributed by atoms with Gasteiger partial charge in [-0.05, 0) is 13.8 Å². The number of hydrogen-bond donors (Lipinski definition) is 0. The molecule has 0 radical (unpaired) electrons. The average molecular weight is 106 g/mol. The van der Waals surface area contributed by atoms with E-state index in [-0.39, 0.29) is 27.5 Å². The molecule has 0 aliphatic carbocycles. The van der Waals surface area contributed by atoms with Crippen molar-refractivity contribution in [3.05, 3.63) is 0 Å². The number of hydrogen-bond acceptors (Lipinski definition) is 1. The smallest absolute Gasteiger partial charge is 0.126 e. The zero-order chi connectivity index (χ0) is 3.58. The van der Waals surface area contributed by atoms with Crippen LogP contribution in [0.5, 0.6) is 0 Å². The molecule has 0 N–H and O–H groups in total. The summed E-state index contributed by atoms with van der Waals surface area (Å²) in [6.07, 6.45) is 0. The molecule has 0 spiro atoms. The summed E-state index contributed by atoms with van der Waals surface area (Å²) in [4.78, 5) is 9.44. The van der Waals surface area contributed by atoms with Crippen LogP contribution in [-0.4, -0.2) is 5.78 Å². The summed E-state index contributed by atoms with van der Waals surface area (Å²) in [5.74, 6) is 0.167. The third kappa shape index (κ3) is 169. The van der Waals surface area contributed by atoms with Gasteiger partial charge < -0.3 is 4.79 Å². The minimum Gasteiger partial charge on any atom is -0.300 e. The predicted octanol–water partition coefficient (Wildman–Crippen LogP) is 0.593. The van der Waals surface area contributed by atoms with Gasteiger partial charge in [0.15, 0.2) is 0 Å². The van der Waals surface area contributed by atoms with E-state index >= 15 is 0 Å². The van der Waals surface area contributed by atoms with Gasteiger partial charge in [0.25, 0.3) is 0 Å². The van der Waals surface area contributed by atoms with Crippen LogP contribution >= 0.6 is 0 Å². The first-order chi connectivity index (χ1) is 1.73. The van der Waals surface area contributed by atoms with Crippen molar-refractivity contribution < 1.29 is 26.5 Å². The molecule has 5 heavy (non-hydrogen) atoms. The molecule has 28 valence electrons. The topological polar surface area (TPSA) is 17.1 Å². The first-order valence-corrected chi connectivity index (χ1v) is 1.20. The minimum absolute atomic E-state index is 0. The molecular formula is C3H6OTi. The molecule has 0 amide bonds. The second-order valence-electron chi connectivity index (χ2n) is 0.908. The summed E-state index contributed by atoms with van der Waals surface area (Å²) in [6.45, 7) is 3.06. The van der Waals surface area contributed by atoms with Gasteiger partial charge >= 0.3 is 0 Å². The van der Waals surface area contributed by atoms with Gasteiger partial charge in [0, 0.05) is 21.7 Å². The molecule has 1 nitrogen and oxygen atoms in total. The van der Waals surface area contributed by atoms with Crippen LogP contribution < -0.4 is 0 Å². The Morgan fingerprint density at radius 3 is 1.40 bits per heavy atom. The molecular weight excluding hydrogens is 99.9 g/mol. The number of carbonyl (C=O) groups excluding carboxylic acids is 1. The van der Waals surface area contributed by atoms with E-state index < -0.39 is 0 Å². The largest absolute Gasteiger partial charge is 0.300 e. The van der Waals surface area contributed by atoms with Gasteiger partial charge in [-0.25, -0.2) is 0 Å². The van der Waals surface area contributed by atoms with Gasteiger partial charge in [-0.2, -0.15) is 0 Å². The fraction of sp³-hybridized carbons (Fsp3) is 0.667. The molecule has 0 heterocycles. The number of ketones is 1. The Kier molecular flexibility index (Phi) is 7.92. The van der Waals surface area contributed by atoms with E-state index in [1.165, 1.54) is 13.8 Å². The van der Waals surface area contributed by atoms with Crippen LogP contribution in [0, 0.1) is 0 Å². The Bertz CT molecular complexity index is 29.9. The van der Waals surface area contributed by atoms with Crippen LogP contribution in [0.1, 0.15) is 13.8 Å². The molecule has 0 unspecified atom stereocenters. The molecule has 2 heteroatoms. The molecule has 0 atom stereocenters. The molecule has 0 fully saturated rings. The van der Waals surface area contributed by atoms with E-state index in [4.69, 9.17) is 0 Å². The molecule has 0 rings (SSSR count). The molecule has 0 bridgehead atoms. The van der Waals surface area contributed by atoms with E-state index in [9.17, 15) is 4.79 Å². The van der Waals surface area contributed by atoms with E-state index in [1.54, 1.807) is 0 Å². The van der Waals surface area contributed by atoms with Crippen molar-refractivity contribution in [2.45, 2.75) is 13.8 Å². The molecule has 0 aromatic carbocycles. The van der Waals surface area contributed by atoms with Gasteiger partial charge in [-0.1, -0.05) is 0 Å². The van der Waals surface area contributed by atoms with Crippen molar-refractivity contribution >= 4 is 5.78 Å². The number of rotatable bonds is 0. The second kappa shape index (κ2) is 4.38. The SMILES string of the molecule is CC(C)=O.[Ti]. The zero-order valence-corrected chi connectivity index (χ0v) is 4.97. The van der Waals surface area contributed by atoms with Crippen molar-refractivity contribution in [3.8, 4) is 0 Å². The summed E-state index contributed by atoms with van der Waals surface area (Å²) in [5.41, 5.74) is 0. The molecule has 0 saturated heterocycles. The maximum Gasteiger partial charge on any atom is 0.126 e. The monoisotopic (exact) mass is 106 g/mol. The van der Waals surface area contributed by atoms with Gasteiger partial charge in [0.05, 0.1) is 0 Å². The number of Topliss-reactive ketones (excluding diaryl/α,β-unsaturated/α-hetero) is 1. The molecule has 0 aliphatic heterocycles. The minimum atomic E-state index is 0.